The van der Waals surface area contributed by atoms with Gasteiger partial charge in [0.25, 0.3) is 5.91 Å². The van der Waals surface area contributed by atoms with Gasteiger partial charge in [-0.2, -0.15) is 5.10 Å². The Morgan fingerprint density at radius 3 is 2.72 bits per heavy atom. The second-order valence-electron chi connectivity index (χ2n) is 6.75. The number of benzene rings is 2. The average molecular weight is 394 g/mol. The summed E-state index contributed by atoms with van der Waals surface area (Å²) in [5, 5.41) is 7.06. The normalized spacial score (nSPS) is 10.7. The maximum atomic E-state index is 12.8. The van der Waals surface area contributed by atoms with Crippen LogP contribution in [0.4, 0.5) is 5.69 Å². The predicted octanol–water partition coefficient (Wildman–Crippen LogP) is 3.15. The van der Waals surface area contributed by atoms with E-state index in [9.17, 15) is 4.79 Å². The van der Waals surface area contributed by atoms with Gasteiger partial charge in [0.2, 0.25) is 0 Å². The maximum Gasteiger partial charge on any atom is 0.259 e. The largest absolute Gasteiger partial charge is 0.492 e. The summed E-state index contributed by atoms with van der Waals surface area (Å²) in [7, 11) is 3.96. The second kappa shape index (κ2) is 10.3. The zero-order valence-electron chi connectivity index (χ0n) is 16.7. The molecule has 0 radical (unpaired) electrons. The molecule has 3 aromatic rings. The first-order valence-electron chi connectivity index (χ1n) is 9.50. The van der Waals surface area contributed by atoms with Crippen LogP contribution in [-0.2, 0) is 6.54 Å². The number of para-hydroxylation sites is 1. The lowest BCUT2D eigenvalue weighted by Crippen LogP contribution is -2.20. The predicted molar refractivity (Wildman–Crippen MR) is 113 cm³/mol. The Hall–Kier alpha value is -3.32. The molecule has 0 fully saturated rings. The monoisotopic (exact) mass is 394 g/mol. The number of anilines is 1. The van der Waals surface area contributed by atoms with E-state index in [2.05, 4.69) is 10.4 Å². The van der Waals surface area contributed by atoms with E-state index in [0.717, 1.165) is 6.54 Å². The van der Waals surface area contributed by atoms with Crippen LogP contribution >= 0.6 is 0 Å². The quantitative estimate of drug-likeness (QED) is 0.572. The molecule has 1 amide bonds. The molecule has 0 aliphatic rings. The molecule has 0 unspecified atom stereocenters. The van der Waals surface area contributed by atoms with E-state index in [1.807, 2.05) is 61.6 Å². The Kier molecular flexibility index (Phi) is 7.24. The molecule has 0 aliphatic heterocycles. The van der Waals surface area contributed by atoms with Crippen molar-refractivity contribution in [1.82, 2.24) is 14.7 Å². The van der Waals surface area contributed by atoms with Crippen LogP contribution in [-0.4, -0.2) is 54.4 Å². The number of rotatable bonds is 10. The van der Waals surface area contributed by atoms with E-state index in [4.69, 9.17) is 9.47 Å². The zero-order valence-corrected chi connectivity index (χ0v) is 16.7. The second-order valence-corrected chi connectivity index (χ2v) is 6.75. The smallest absolute Gasteiger partial charge is 0.259 e. The van der Waals surface area contributed by atoms with Gasteiger partial charge in [0, 0.05) is 30.7 Å². The first-order chi connectivity index (χ1) is 14.1. The molecule has 152 valence electrons. The van der Waals surface area contributed by atoms with Gasteiger partial charge in [-0.1, -0.05) is 18.2 Å². The zero-order chi connectivity index (χ0) is 20.5. The summed E-state index contributed by atoms with van der Waals surface area (Å²) in [6.07, 6.45) is 3.62. The molecule has 0 bridgehead atoms. The van der Waals surface area contributed by atoms with E-state index in [-0.39, 0.29) is 5.91 Å². The van der Waals surface area contributed by atoms with Crippen LogP contribution in [0.2, 0.25) is 0 Å². The minimum Gasteiger partial charge on any atom is -0.492 e. The molecule has 2 aromatic carbocycles. The highest BCUT2D eigenvalue weighted by atomic mass is 16.5. The minimum absolute atomic E-state index is 0.223. The van der Waals surface area contributed by atoms with Gasteiger partial charge in [0.05, 0.1) is 12.1 Å². The highest BCUT2D eigenvalue weighted by molar-refractivity contribution is 6.06. The van der Waals surface area contributed by atoms with E-state index in [1.54, 1.807) is 29.1 Å². The van der Waals surface area contributed by atoms with Gasteiger partial charge in [0.1, 0.15) is 24.7 Å². The molecule has 0 spiro atoms. The van der Waals surface area contributed by atoms with Crippen LogP contribution < -0.4 is 14.8 Å². The van der Waals surface area contributed by atoms with Crippen molar-refractivity contribution in [2.24, 2.45) is 0 Å². The van der Waals surface area contributed by atoms with Crippen LogP contribution in [0.5, 0.6) is 11.5 Å². The van der Waals surface area contributed by atoms with Crippen molar-refractivity contribution in [3.05, 3.63) is 72.6 Å². The van der Waals surface area contributed by atoms with Gasteiger partial charge in [-0.15, -0.1) is 0 Å². The number of hydrogen-bond donors (Lipinski definition) is 1. The third-order valence-corrected chi connectivity index (χ3v) is 4.17. The fourth-order valence-corrected chi connectivity index (χ4v) is 2.67. The molecular weight excluding hydrogens is 368 g/mol. The number of nitrogens with one attached hydrogen (secondary N) is 1. The van der Waals surface area contributed by atoms with Crippen molar-refractivity contribution >= 4 is 11.6 Å². The van der Waals surface area contributed by atoms with Crippen LogP contribution in [0.15, 0.2) is 67.0 Å². The van der Waals surface area contributed by atoms with Crippen LogP contribution in [0.3, 0.4) is 0 Å². The lowest BCUT2D eigenvalue weighted by molar-refractivity contribution is 0.102. The van der Waals surface area contributed by atoms with Gasteiger partial charge in [-0.05, 0) is 44.4 Å². The SMILES string of the molecule is CN(C)CCOc1ccccc1C(=O)Nc1cccc(OCCn2cccn2)c1. The van der Waals surface area contributed by atoms with Crippen molar-refractivity contribution < 1.29 is 14.3 Å². The van der Waals surface area contributed by atoms with Crippen LogP contribution in [0, 0.1) is 0 Å². The molecule has 0 aliphatic carbocycles. The molecule has 3 rings (SSSR count). The number of carbonyl (C=O) groups is 1. The lowest BCUT2D eigenvalue weighted by atomic mass is 10.2. The van der Waals surface area contributed by atoms with E-state index >= 15 is 0 Å². The lowest BCUT2D eigenvalue weighted by Gasteiger charge is -2.14. The molecular formula is C22H26N4O3. The number of aromatic nitrogens is 2. The fourth-order valence-electron chi connectivity index (χ4n) is 2.67. The number of nitrogens with zero attached hydrogens (tertiary/aromatic N) is 3. The molecule has 29 heavy (non-hydrogen) atoms. The van der Waals surface area contributed by atoms with Crippen molar-refractivity contribution in [2.75, 3.05) is 39.2 Å². The summed E-state index contributed by atoms with van der Waals surface area (Å²) >= 11 is 0. The van der Waals surface area contributed by atoms with Crippen LogP contribution in [0.25, 0.3) is 0 Å². The van der Waals surface area contributed by atoms with Gasteiger partial charge in [0.15, 0.2) is 0 Å². The number of ether oxygens (including phenoxy) is 2. The summed E-state index contributed by atoms with van der Waals surface area (Å²) in [6.45, 7) is 2.42. The topological polar surface area (TPSA) is 68.6 Å². The molecule has 0 atom stereocenters. The molecule has 0 saturated heterocycles. The fraction of sp³-hybridized carbons (Fsp3) is 0.273. The van der Waals surface area contributed by atoms with E-state index in [0.29, 0.717) is 42.5 Å². The number of amides is 1. The molecule has 1 heterocycles. The van der Waals surface area contributed by atoms with Gasteiger partial charge in [-0.25, -0.2) is 0 Å². The number of carbonyl (C=O) groups excluding carboxylic acids is 1. The Bertz CT molecular complexity index is 910. The van der Waals surface area contributed by atoms with Gasteiger partial charge < -0.3 is 19.7 Å². The molecule has 1 N–H and O–H groups in total. The molecule has 7 nitrogen and oxygen atoms in total. The van der Waals surface area contributed by atoms with Crippen molar-refractivity contribution in [2.45, 2.75) is 6.54 Å². The summed E-state index contributed by atoms with van der Waals surface area (Å²) in [6, 6.07) is 16.4. The van der Waals surface area contributed by atoms with Crippen molar-refractivity contribution in [3.8, 4) is 11.5 Å². The highest BCUT2D eigenvalue weighted by Gasteiger charge is 2.13. The standard InChI is InChI=1S/C22H26N4O3/c1-25(2)13-15-29-21-10-4-3-9-20(21)22(27)24-18-7-5-8-19(17-18)28-16-14-26-12-6-11-23-26/h3-12,17H,13-16H2,1-2H3,(H,24,27). The average Bonchev–Trinajstić information content (AvgIpc) is 3.22. The number of likely N-dealkylation sites (N-methyl/N-ethyl adjacent to an activating group) is 1. The minimum atomic E-state index is -0.223. The highest BCUT2D eigenvalue weighted by Crippen LogP contribution is 2.22. The summed E-state index contributed by atoms with van der Waals surface area (Å²) < 4.78 is 13.4. The summed E-state index contributed by atoms with van der Waals surface area (Å²) in [4.78, 5) is 14.8. The maximum absolute atomic E-state index is 12.8. The third kappa shape index (κ3) is 6.36. The number of hydrogen-bond acceptors (Lipinski definition) is 5. The Balaban J connectivity index is 1.59. The van der Waals surface area contributed by atoms with Gasteiger partial charge in [-0.3, -0.25) is 9.48 Å². The first kappa shape index (κ1) is 20.4. The van der Waals surface area contributed by atoms with Crippen LogP contribution in [0.1, 0.15) is 10.4 Å². The van der Waals surface area contributed by atoms with Crippen molar-refractivity contribution in [3.63, 3.8) is 0 Å². The van der Waals surface area contributed by atoms with E-state index in [1.165, 1.54) is 0 Å². The third-order valence-electron chi connectivity index (χ3n) is 4.17. The Morgan fingerprint density at radius 2 is 1.93 bits per heavy atom. The first-order valence-corrected chi connectivity index (χ1v) is 9.50. The summed E-state index contributed by atoms with van der Waals surface area (Å²) in [5.41, 5.74) is 1.16. The molecule has 1 aromatic heterocycles. The van der Waals surface area contributed by atoms with E-state index < -0.39 is 0 Å². The molecule has 0 saturated carbocycles. The van der Waals surface area contributed by atoms with Gasteiger partial charge >= 0.3 is 0 Å². The van der Waals surface area contributed by atoms with Crippen molar-refractivity contribution in [1.29, 1.82) is 0 Å². The Morgan fingerprint density at radius 1 is 1.07 bits per heavy atom. The summed E-state index contributed by atoms with van der Waals surface area (Å²) in [5.74, 6) is 1.03. The Labute approximate surface area is 170 Å². The molecule has 7 heteroatoms.